The number of hydrogen-bond donors (Lipinski definition) is 1. The molecule has 1 rings (SSSR count). The highest BCUT2D eigenvalue weighted by atomic mass is 16.7. The number of ether oxygens (including phenoxy) is 3. The summed E-state index contributed by atoms with van der Waals surface area (Å²) < 4.78 is 15.6. The predicted octanol–water partition coefficient (Wildman–Crippen LogP) is 1.23. The molecule has 0 aromatic heterocycles. The normalized spacial score (nSPS) is 34.5. The summed E-state index contributed by atoms with van der Waals surface area (Å²) in [6.45, 7) is 7.60. The van der Waals surface area contributed by atoms with Crippen molar-refractivity contribution in [2.24, 2.45) is 0 Å². The van der Waals surface area contributed by atoms with Crippen molar-refractivity contribution in [1.82, 2.24) is 0 Å². The van der Waals surface area contributed by atoms with E-state index >= 15 is 0 Å². The van der Waals surface area contributed by atoms with Crippen LogP contribution in [0.5, 0.6) is 0 Å². The largest absolute Gasteiger partial charge is 0.465 e. The third-order valence-electron chi connectivity index (χ3n) is 2.52. The maximum absolute atomic E-state index is 11.5. The van der Waals surface area contributed by atoms with Gasteiger partial charge in [-0.15, -0.1) is 0 Å². The number of rotatable bonds is 2. The molecule has 0 unspecified atom stereocenters. The Labute approximate surface area is 102 Å². The summed E-state index contributed by atoms with van der Waals surface area (Å²) in [6.07, 6.45) is 0.278. The van der Waals surface area contributed by atoms with Crippen LogP contribution in [0.15, 0.2) is 0 Å². The lowest BCUT2D eigenvalue weighted by Crippen LogP contribution is -2.53. The van der Waals surface area contributed by atoms with Crippen LogP contribution in [0, 0.1) is 0 Å². The fraction of sp³-hybridized carbons (Fsp3) is 0.917. The zero-order valence-electron chi connectivity index (χ0n) is 11.1. The molecule has 0 amide bonds. The van der Waals surface area contributed by atoms with Gasteiger partial charge in [0.15, 0.2) is 0 Å². The van der Waals surface area contributed by atoms with Gasteiger partial charge < -0.3 is 19.3 Å². The summed E-state index contributed by atoms with van der Waals surface area (Å²) >= 11 is 0. The number of carbonyl (C=O) groups is 1. The Balaban J connectivity index is 2.75. The van der Waals surface area contributed by atoms with E-state index in [4.69, 9.17) is 9.47 Å². The fourth-order valence-electron chi connectivity index (χ4n) is 2.07. The van der Waals surface area contributed by atoms with Gasteiger partial charge in [-0.3, -0.25) is 0 Å². The molecule has 0 aromatic carbocycles. The number of hydrogen-bond acceptors (Lipinski definition) is 5. The van der Waals surface area contributed by atoms with Crippen molar-refractivity contribution in [3.05, 3.63) is 0 Å². The van der Waals surface area contributed by atoms with Gasteiger partial charge >= 0.3 is 5.97 Å². The zero-order chi connectivity index (χ0) is 13.3. The van der Waals surface area contributed by atoms with Crippen LogP contribution in [-0.4, -0.2) is 41.8 Å². The van der Waals surface area contributed by atoms with Gasteiger partial charge in [-0.1, -0.05) is 0 Å². The molecule has 0 saturated carbocycles. The van der Waals surface area contributed by atoms with Crippen LogP contribution in [0.1, 0.15) is 40.5 Å². The second kappa shape index (κ2) is 4.92. The molecule has 0 radical (unpaired) electrons. The highest BCUT2D eigenvalue weighted by Crippen LogP contribution is 2.31. The van der Waals surface area contributed by atoms with E-state index in [0.717, 1.165) is 0 Å². The van der Waals surface area contributed by atoms with Crippen molar-refractivity contribution in [3.63, 3.8) is 0 Å². The van der Waals surface area contributed by atoms with Gasteiger partial charge in [0, 0.05) is 6.42 Å². The molecule has 3 atom stereocenters. The van der Waals surface area contributed by atoms with Crippen LogP contribution in [0.4, 0.5) is 0 Å². The Hall–Kier alpha value is -0.650. The third kappa shape index (κ3) is 3.94. The molecular weight excluding hydrogens is 224 g/mol. The van der Waals surface area contributed by atoms with Crippen LogP contribution in [0.25, 0.3) is 0 Å². The molecule has 0 aromatic rings. The minimum atomic E-state index is -1.89. The molecule has 17 heavy (non-hydrogen) atoms. The summed E-state index contributed by atoms with van der Waals surface area (Å²) in [4.78, 5) is 11.5. The predicted molar refractivity (Wildman–Crippen MR) is 61.4 cm³/mol. The first-order valence-corrected chi connectivity index (χ1v) is 5.83. The zero-order valence-corrected chi connectivity index (χ0v) is 11.1. The SMILES string of the molecule is COC(=O)[C@]1(O)C[C@H](OC(C)(C)C)C[C@H](C)O1. The van der Waals surface area contributed by atoms with Gasteiger partial charge in [0.05, 0.1) is 24.9 Å². The standard InChI is InChI=1S/C12H22O5/c1-8-6-9(17-11(2,3)4)7-12(14,16-8)10(13)15-5/h8-9,14H,6-7H2,1-5H3/t8-,9+,12-/m0/s1. The average molecular weight is 246 g/mol. The van der Waals surface area contributed by atoms with Gasteiger partial charge in [0.2, 0.25) is 0 Å². The van der Waals surface area contributed by atoms with E-state index < -0.39 is 11.8 Å². The Morgan fingerprint density at radius 2 is 2.06 bits per heavy atom. The molecule has 1 saturated heterocycles. The van der Waals surface area contributed by atoms with E-state index in [9.17, 15) is 9.90 Å². The first-order chi connectivity index (χ1) is 7.66. The van der Waals surface area contributed by atoms with Crippen molar-refractivity contribution in [2.75, 3.05) is 7.11 Å². The number of methoxy groups -OCH3 is 1. The Kier molecular flexibility index (Phi) is 4.17. The van der Waals surface area contributed by atoms with E-state index in [0.29, 0.717) is 6.42 Å². The molecule has 1 fully saturated rings. The van der Waals surface area contributed by atoms with E-state index in [2.05, 4.69) is 4.74 Å². The van der Waals surface area contributed by atoms with Crippen molar-refractivity contribution in [3.8, 4) is 0 Å². The molecule has 1 aliphatic heterocycles. The van der Waals surface area contributed by atoms with Crippen molar-refractivity contribution < 1.29 is 24.1 Å². The molecule has 5 heteroatoms. The highest BCUT2D eigenvalue weighted by molar-refractivity contribution is 5.77. The van der Waals surface area contributed by atoms with Crippen molar-refractivity contribution in [1.29, 1.82) is 0 Å². The molecule has 1 aliphatic rings. The van der Waals surface area contributed by atoms with E-state index in [1.807, 2.05) is 20.8 Å². The second-order valence-electron chi connectivity index (χ2n) is 5.50. The van der Waals surface area contributed by atoms with E-state index in [1.54, 1.807) is 6.92 Å². The molecule has 1 N–H and O–H groups in total. The molecule has 0 aliphatic carbocycles. The minimum absolute atomic E-state index is 0.0985. The average Bonchev–Trinajstić information content (AvgIpc) is 2.11. The number of esters is 1. The summed E-state index contributed by atoms with van der Waals surface area (Å²) in [7, 11) is 1.22. The smallest absolute Gasteiger partial charge is 0.366 e. The molecule has 100 valence electrons. The molecule has 1 heterocycles. The number of carbonyl (C=O) groups excluding carboxylic acids is 1. The third-order valence-corrected chi connectivity index (χ3v) is 2.52. The molecule has 0 bridgehead atoms. The Morgan fingerprint density at radius 3 is 2.53 bits per heavy atom. The highest BCUT2D eigenvalue weighted by Gasteiger charge is 2.47. The van der Waals surface area contributed by atoms with Gasteiger partial charge in [-0.25, -0.2) is 4.79 Å². The first kappa shape index (κ1) is 14.4. The second-order valence-corrected chi connectivity index (χ2v) is 5.50. The summed E-state index contributed by atoms with van der Waals surface area (Å²) in [6, 6.07) is 0. The summed E-state index contributed by atoms with van der Waals surface area (Å²) in [5.74, 6) is -2.66. The van der Waals surface area contributed by atoms with Crippen molar-refractivity contribution >= 4 is 5.97 Å². The quantitative estimate of drug-likeness (QED) is 0.742. The molecular formula is C12H22O5. The monoisotopic (exact) mass is 246 g/mol. The lowest BCUT2D eigenvalue weighted by molar-refractivity contribution is -0.278. The van der Waals surface area contributed by atoms with Crippen LogP contribution < -0.4 is 0 Å². The fourth-order valence-corrected chi connectivity index (χ4v) is 2.07. The van der Waals surface area contributed by atoms with Gasteiger partial charge in [0.1, 0.15) is 0 Å². The van der Waals surface area contributed by atoms with Crippen molar-refractivity contribution in [2.45, 2.75) is 64.1 Å². The number of aliphatic hydroxyl groups is 1. The Morgan fingerprint density at radius 1 is 1.47 bits per heavy atom. The minimum Gasteiger partial charge on any atom is -0.465 e. The van der Waals surface area contributed by atoms with Gasteiger partial charge in [-0.2, -0.15) is 0 Å². The maximum atomic E-state index is 11.5. The summed E-state index contributed by atoms with van der Waals surface area (Å²) in [5, 5.41) is 10.1. The van der Waals surface area contributed by atoms with Crippen LogP contribution in [0.3, 0.4) is 0 Å². The topological polar surface area (TPSA) is 65.0 Å². The van der Waals surface area contributed by atoms with Gasteiger partial charge in [-0.05, 0) is 34.1 Å². The maximum Gasteiger partial charge on any atom is 0.366 e. The summed E-state index contributed by atoms with van der Waals surface area (Å²) in [5.41, 5.74) is -0.321. The van der Waals surface area contributed by atoms with Crippen LogP contribution >= 0.6 is 0 Å². The van der Waals surface area contributed by atoms with E-state index in [1.165, 1.54) is 7.11 Å². The lowest BCUT2D eigenvalue weighted by Gasteiger charge is -2.40. The molecule has 5 nitrogen and oxygen atoms in total. The lowest BCUT2D eigenvalue weighted by atomic mass is 9.98. The van der Waals surface area contributed by atoms with E-state index in [-0.39, 0.29) is 24.2 Å². The Bertz CT molecular complexity index is 283. The van der Waals surface area contributed by atoms with Crippen LogP contribution in [0.2, 0.25) is 0 Å². The van der Waals surface area contributed by atoms with Crippen LogP contribution in [-0.2, 0) is 19.0 Å². The first-order valence-electron chi connectivity index (χ1n) is 5.83. The van der Waals surface area contributed by atoms with Gasteiger partial charge in [0.25, 0.3) is 5.79 Å². The molecule has 0 spiro atoms.